The van der Waals surface area contributed by atoms with Crippen molar-refractivity contribution in [3.63, 3.8) is 0 Å². The summed E-state index contributed by atoms with van der Waals surface area (Å²) in [6.45, 7) is 2.88. The van der Waals surface area contributed by atoms with Gasteiger partial charge in [0.25, 0.3) is 11.8 Å². The first-order chi connectivity index (χ1) is 16.1. The number of urea groups is 1. The maximum Gasteiger partial charge on any atom is 0.334 e. The number of rotatable bonds is 4. The smallest absolute Gasteiger partial charge is 0.334 e. The van der Waals surface area contributed by atoms with Crippen LogP contribution in [0.3, 0.4) is 0 Å². The molecule has 0 atom stereocenters. The predicted octanol–water partition coefficient (Wildman–Crippen LogP) is 5.50. The first-order valence-electron chi connectivity index (χ1n) is 12.6. The van der Waals surface area contributed by atoms with E-state index in [0.717, 1.165) is 87.2 Å². The molecule has 4 amide bonds. The van der Waals surface area contributed by atoms with Crippen LogP contribution in [-0.2, 0) is 16.1 Å². The van der Waals surface area contributed by atoms with Gasteiger partial charge in [0, 0.05) is 41.3 Å². The number of benzene rings is 1. The average molecular weight is 448 g/mol. The van der Waals surface area contributed by atoms with Gasteiger partial charge < -0.3 is 4.57 Å². The molecule has 33 heavy (non-hydrogen) atoms. The lowest BCUT2D eigenvalue weighted by Crippen LogP contribution is -2.62. The lowest BCUT2D eigenvalue weighted by Gasteiger charge is -2.43. The van der Waals surface area contributed by atoms with Crippen LogP contribution < -0.4 is 0 Å². The van der Waals surface area contributed by atoms with E-state index in [0.29, 0.717) is 0 Å². The van der Waals surface area contributed by atoms with Crippen LogP contribution in [0.1, 0.15) is 76.7 Å². The summed E-state index contributed by atoms with van der Waals surface area (Å²) in [7, 11) is 0. The average Bonchev–Trinajstić information content (AvgIpc) is 3.21. The van der Waals surface area contributed by atoms with Gasteiger partial charge in [-0.2, -0.15) is 0 Å². The van der Waals surface area contributed by atoms with Gasteiger partial charge in [-0.1, -0.05) is 56.7 Å². The third kappa shape index (κ3) is 3.90. The number of imide groups is 2. The van der Waals surface area contributed by atoms with Gasteiger partial charge in [0.05, 0.1) is 0 Å². The standard InChI is InChI=1S/C27H33N3O3/c1-2-28-18-19(22-15-9-10-16-24(22)28)17-23-25(31)29(20-11-5-3-6-12-20)27(33)30(26(23)32)21-13-7-4-8-14-21/h9-10,15-18,20-21H,2-8,11-14H2,1H3. The fraction of sp³-hybridized carbons (Fsp3) is 0.519. The van der Waals surface area contributed by atoms with Crippen molar-refractivity contribution in [1.82, 2.24) is 14.4 Å². The molecule has 6 nitrogen and oxygen atoms in total. The SMILES string of the molecule is CCn1cc(C=C2C(=O)N(C3CCCCC3)C(=O)N(C3CCCCC3)C2=O)c2ccccc21. The minimum Gasteiger partial charge on any atom is -0.347 e. The van der Waals surface area contributed by atoms with Gasteiger partial charge in [0.1, 0.15) is 5.57 Å². The quantitative estimate of drug-likeness (QED) is 0.459. The molecule has 2 aromatic rings. The molecule has 5 rings (SSSR count). The number of nitrogens with zero attached hydrogens (tertiary/aromatic N) is 3. The molecule has 3 fully saturated rings. The van der Waals surface area contributed by atoms with Crippen molar-refractivity contribution < 1.29 is 14.4 Å². The number of fused-ring (bicyclic) bond motifs is 1. The topological polar surface area (TPSA) is 62.6 Å². The highest BCUT2D eigenvalue weighted by molar-refractivity contribution is 6.31. The Kier molecular flexibility index (Phi) is 6.09. The Balaban J connectivity index is 1.60. The Hall–Kier alpha value is -2.89. The van der Waals surface area contributed by atoms with Gasteiger partial charge in [0.2, 0.25) is 0 Å². The Morgan fingerprint density at radius 3 is 1.91 bits per heavy atom. The second-order valence-electron chi connectivity index (χ2n) is 9.66. The first kappa shape index (κ1) is 21.9. The summed E-state index contributed by atoms with van der Waals surface area (Å²) >= 11 is 0. The van der Waals surface area contributed by atoms with Crippen molar-refractivity contribution in [3.8, 4) is 0 Å². The van der Waals surface area contributed by atoms with Crippen LogP contribution in [0.5, 0.6) is 0 Å². The van der Waals surface area contributed by atoms with Crippen LogP contribution >= 0.6 is 0 Å². The van der Waals surface area contributed by atoms with Crippen LogP contribution in [0.4, 0.5) is 4.79 Å². The van der Waals surface area contributed by atoms with Crippen molar-refractivity contribution in [1.29, 1.82) is 0 Å². The minimum atomic E-state index is -0.419. The molecular formula is C27H33N3O3. The number of aryl methyl sites for hydroxylation is 1. The minimum absolute atomic E-state index is 0.113. The fourth-order valence-electron chi connectivity index (χ4n) is 5.89. The summed E-state index contributed by atoms with van der Waals surface area (Å²) in [5.41, 5.74) is 2.06. The normalized spacial score (nSPS) is 21.4. The molecule has 2 heterocycles. The Bertz CT molecular complexity index is 1060. The van der Waals surface area contributed by atoms with Crippen LogP contribution in [-0.4, -0.2) is 44.3 Å². The molecular weight excluding hydrogens is 414 g/mol. The highest BCUT2D eigenvalue weighted by Crippen LogP contribution is 2.34. The highest BCUT2D eigenvalue weighted by atomic mass is 16.2. The maximum absolute atomic E-state index is 13.7. The zero-order valence-corrected chi connectivity index (χ0v) is 19.5. The van der Waals surface area contributed by atoms with Gasteiger partial charge in [0.15, 0.2) is 0 Å². The number of amides is 4. The Morgan fingerprint density at radius 1 is 0.818 bits per heavy atom. The van der Waals surface area contributed by atoms with E-state index in [9.17, 15) is 14.4 Å². The first-order valence-corrected chi connectivity index (χ1v) is 12.6. The molecule has 2 saturated carbocycles. The summed E-state index contributed by atoms with van der Waals surface area (Å²) in [6.07, 6.45) is 13.4. The molecule has 0 radical (unpaired) electrons. The second-order valence-corrected chi connectivity index (χ2v) is 9.66. The number of aromatic nitrogens is 1. The van der Waals surface area contributed by atoms with E-state index >= 15 is 0 Å². The number of hydrogen-bond acceptors (Lipinski definition) is 3. The van der Waals surface area contributed by atoms with Gasteiger partial charge in [-0.3, -0.25) is 19.4 Å². The number of carbonyl (C=O) groups is 3. The third-order valence-corrected chi connectivity index (χ3v) is 7.65. The van der Waals surface area contributed by atoms with Crippen LogP contribution in [0, 0.1) is 0 Å². The van der Waals surface area contributed by atoms with Gasteiger partial charge in [-0.25, -0.2) is 4.79 Å². The van der Waals surface area contributed by atoms with E-state index in [4.69, 9.17) is 0 Å². The molecule has 0 unspecified atom stereocenters. The van der Waals surface area contributed by atoms with E-state index in [1.54, 1.807) is 6.08 Å². The molecule has 1 aromatic heterocycles. The number of barbiturate groups is 1. The van der Waals surface area contributed by atoms with Crippen molar-refractivity contribution >= 4 is 34.8 Å². The maximum atomic E-state index is 13.7. The molecule has 0 N–H and O–H groups in total. The van der Waals surface area contributed by atoms with Crippen LogP contribution in [0.25, 0.3) is 17.0 Å². The lowest BCUT2D eigenvalue weighted by atomic mass is 9.90. The molecule has 174 valence electrons. The third-order valence-electron chi connectivity index (χ3n) is 7.65. The lowest BCUT2D eigenvalue weighted by molar-refractivity contribution is -0.139. The predicted molar refractivity (Wildman–Crippen MR) is 128 cm³/mol. The fourth-order valence-corrected chi connectivity index (χ4v) is 5.89. The Morgan fingerprint density at radius 2 is 1.36 bits per heavy atom. The van der Waals surface area contributed by atoms with E-state index in [-0.39, 0.29) is 17.7 Å². The summed E-state index contributed by atoms with van der Waals surface area (Å²) < 4.78 is 2.13. The Labute approximate surface area is 195 Å². The van der Waals surface area contributed by atoms with Gasteiger partial charge in [-0.05, 0) is 44.7 Å². The van der Waals surface area contributed by atoms with Crippen LogP contribution in [0.15, 0.2) is 36.0 Å². The summed E-state index contributed by atoms with van der Waals surface area (Å²) in [5.74, 6) is -0.838. The summed E-state index contributed by atoms with van der Waals surface area (Å²) in [5, 5.41) is 1.01. The van der Waals surface area contributed by atoms with Crippen molar-refractivity contribution in [3.05, 3.63) is 41.6 Å². The molecule has 6 heteroatoms. The molecule has 0 bridgehead atoms. The molecule has 2 aliphatic carbocycles. The van der Waals surface area contributed by atoms with E-state index < -0.39 is 17.8 Å². The molecule has 3 aliphatic rings. The molecule has 1 aliphatic heterocycles. The zero-order valence-electron chi connectivity index (χ0n) is 19.5. The zero-order chi connectivity index (χ0) is 22.9. The number of hydrogen-bond donors (Lipinski definition) is 0. The highest BCUT2D eigenvalue weighted by Gasteiger charge is 2.47. The van der Waals surface area contributed by atoms with Crippen molar-refractivity contribution in [2.75, 3.05) is 0 Å². The van der Waals surface area contributed by atoms with E-state index in [1.807, 2.05) is 24.4 Å². The van der Waals surface area contributed by atoms with Crippen molar-refractivity contribution in [2.24, 2.45) is 0 Å². The van der Waals surface area contributed by atoms with E-state index in [2.05, 4.69) is 17.6 Å². The monoisotopic (exact) mass is 447 g/mol. The van der Waals surface area contributed by atoms with Crippen LogP contribution in [0.2, 0.25) is 0 Å². The van der Waals surface area contributed by atoms with Gasteiger partial charge >= 0.3 is 6.03 Å². The largest absolute Gasteiger partial charge is 0.347 e. The molecule has 1 aromatic carbocycles. The molecule has 1 saturated heterocycles. The van der Waals surface area contributed by atoms with E-state index in [1.165, 1.54) is 9.80 Å². The van der Waals surface area contributed by atoms with Crippen molar-refractivity contribution in [2.45, 2.75) is 89.8 Å². The number of carbonyl (C=O) groups excluding carboxylic acids is 3. The molecule has 0 spiro atoms. The second kappa shape index (κ2) is 9.16. The summed E-state index contributed by atoms with van der Waals surface area (Å²) in [4.78, 5) is 43.8. The van der Waals surface area contributed by atoms with Gasteiger partial charge in [-0.15, -0.1) is 0 Å². The number of para-hydroxylation sites is 1. The summed E-state index contributed by atoms with van der Waals surface area (Å²) in [6, 6.07) is 7.43.